The predicted octanol–water partition coefficient (Wildman–Crippen LogP) is 1.91. The fourth-order valence-corrected chi connectivity index (χ4v) is 5.47. The van der Waals surface area contributed by atoms with Gasteiger partial charge in [0.15, 0.2) is 0 Å². The molecule has 0 heterocycles. The molecule has 0 aliphatic rings. The molecule has 0 amide bonds. The summed E-state index contributed by atoms with van der Waals surface area (Å²) in [6.07, 6.45) is 1.76. The SMILES string of the molecule is C=CCOc1cc[c]([Pb+2][c]2ccccc2)cc1. The van der Waals surface area contributed by atoms with Gasteiger partial charge in [-0.05, 0) is 0 Å². The van der Waals surface area contributed by atoms with E-state index in [1.807, 2.05) is 0 Å². The second-order valence-electron chi connectivity index (χ2n) is 3.62. The Morgan fingerprint density at radius 1 is 0.941 bits per heavy atom. The van der Waals surface area contributed by atoms with Gasteiger partial charge in [0.05, 0.1) is 0 Å². The van der Waals surface area contributed by atoms with Crippen LogP contribution in [-0.2, 0) is 0 Å². The molecule has 17 heavy (non-hydrogen) atoms. The molecule has 2 heteroatoms. The third-order valence-electron chi connectivity index (χ3n) is 2.28. The van der Waals surface area contributed by atoms with Crippen molar-refractivity contribution in [3.05, 3.63) is 67.3 Å². The zero-order chi connectivity index (χ0) is 11.9. The molecule has 2 aromatic carbocycles. The molecule has 0 aliphatic carbocycles. The van der Waals surface area contributed by atoms with Crippen LogP contribution in [-0.4, -0.2) is 30.8 Å². The van der Waals surface area contributed by atoms with Crippen molar-refractivity contribution in [2.24, 2.45) is 0 Å². The molecule has 1 nitrogen and oxygen atoms in total. The van der Waals surface area contributed by atoms with Crippen molar-refractivity contribution in [2.75, 3.05) is 6.61 Å². The van der Waals surface area contributed by atoms with E-state index in [9.17, 15) is 0 Å². The monoisotopic (exact) mass is 418 g/mol. The van der Waals surface area contributed by atoms with E-state index in [0.717, 1.165) is 5.75 Å². The summed E-state index contributed by atoms with van der Waals surface area (Å²) < 4.78 is 8.47. The Bertz CT molecular complexity index is 462. The summed E-state index contributed by atoms with van der Waals surface area (Å²) in [4.78, 5) is 0. The maximum absolute atomic E-state index is 5.46. The molecule has 0 saturated carbocycles. The van der Waals surface area contributed by atoms with Crippen LogP contribution in [0.15, 0.2) is 67.3 Å². The summed E-state index contributed by atoms with van der Waals surface area (Å²) in [7, 11) is 0. The number of rotatable bonds is 5. The molecule has 0 radical (unpaired) electrons. The van der Waals surface area contributed by atoms with Crippen LogP contribution in [0.3, 0.4) is 0 Å². The van der Waals surface area contributed by atoms with E-state index < -0.39 is 24.2 Å². The normalized spacial score (nSPS) is 9.41. The van der Waals surface area contributed by atoms with Crippen molar-refractivity contribution in [1.29, 1.82) is 0 Å². The molecule has 0 aliphatic heterocycles. The summed E-state index contributed by atoms with van der Waals surface area (Å²) in [5, 5.41) is 0. The maximum atomic E-state index is 5.46. The number of ether oxygens (including phenoxy) is 1. The minimum absolute atomic E-state index is 0.569. The number of hydrogen-bond donors (Lipinski definition) is 0. The van der Waals surface area contributed by atoms with Crippen molar-refractivity contribution >= 4 is 30.5 Å². The van der Waals surface area contributed by atoms with Crippen LogP contribution in [0, 0.1) is 0 Å². The van der Waals surface area contributed by atoms with Gasteiger partial charge >= 0.3 is 115 Å². The van der Waals surface area contributed by atoms with Crippen LogP contribution < -0.4 is 11.0 Å². The summed E-state index contributed by atoms with van der Waals surface area (Å²) >= 11 is -0.867. The topological polar surface area (TPSA) is 9.23 Å². The molecule has 0 bridgehead atoms. The molecular weight excluding hydrogens is 403 g/mol. The van der Waals surface area contributed by atoms with E-state index in [0.29, 0.717) is 6.61 Å². The van der Waals surface area contributed by atoms with Crippen LogP contribution >= 0.6 is 0 Å². The fraction of sp³-hybridized carbons (Fsp3) is 0.0667. The average Bonchev–Trinajstić information content (AvgIpc) is 2.39. The average molecular weight is 417 g/mol. The number of benzene rings is 2. The van der Waals surface area contributed by atoms with Crippen LogP contribution in [0.1, 0.15) is 0 Å². The van der Waals surface area contributed by atoms with Gasteiger partial charge in [0.1, 0.15) is 0 Å². The Morgan fingerprint density at radius 3 is 2.24 bits per heavy atom. The van der Waals surface area contributed by atoms with Crippen molar-refractivity contribution in [1.82, 2.24) is 0 Å². The van der Waals surface area contributed by atoms with Crippen LogP contribution in [0.4, 0.5) is 0 Å². The first-order chi connectivity index (χ1) is 8.38. The van der Waals surface area contributed by atoms with Gasteiger partial charge in [0.2, 0.25) is 0 Å². The van der Waals surface area contributed by atoms with Gasteiger partial charge in [-0.3, -0.25) is 0 Å². The summed E-state index contributed by atoms with van der Waals surface area (Å²) in [5.74, 6) is 0.922. The molecule has 82 valence electrons. The molecular formula is C15H14OPb+2. The first-order valence-electron chi connectivity index (χ1n) is 5.54. The van der Waals surface area contributed by atoms with Crippen molar-refractivity contribution in [3.8, 4) is 5.75 Å². The molecule has 2 aromatic rings. The van der Waals surface area contributed by atoms with E-state index in [1.165, 1.54) is 6.25 Å². The van der Waals surface area contributed by atoms with Crippen molar-refractivity contribution in [3.63, 3.8) is 0 Å². The van der Waals surface area contributed by atoms with Gasteiger partial charge < -0.3 is 0 Å². The molecule has 0 aromatic heterocycles. The van der Waals surface area contributed by atoms with Crippen LogP contribution in [0.5, 0.6) is 5.75 Å². The van der Waals surface area contributed by atoms with E-state index in [1.54, 1.807) is 6.08 Å². The van der Waals surface area contributed by atoms with Gasteiger partial charge in [-0.1, -0.05) is 0 Å². The Kier molecular flexibility index (Phi) is 4.79. The molecule has 0 fully saturated rings. The zero-order valence-electron chi connectivity index (χ0n) is 9.60. The zero-order valence-corrected chi connectivity index (χ0v) is 13.5. The van der Waals surface area contributed by atoms with Crippen molar-refractivity contribution in [2.45, 2.75) is 0 Å². The van der Waals surface area contributed by atoms with Crippen LogP contribution in [0.2, 0.25) is 0 Å². The Hall–Kier alpha value is -1.10. The third-order valence-corrected chi connectivity index (χ3v) is 7.12. The number of hydrogen-bond acceptors (Lipinski definition) is 1. The Labute approximate surface area is 114 Å². The molecule has 0 unspecified atom stereocenters. The molecule has 0 saturated heterocycles. The van der Waals surface area contributed by atoms with Gasteiger partial charge in [-0.2, -0.15) is 0 Å². The second-order valence-corrected chi connectivity index (χ2v) is 9.08. The summed E-state index contributed by atoms with van der Waals surface area (Å²) in [5.41, 5.74) is 0. The Balaban J connectivity index is 2.01. The van der Waals surface area contributed by atoms with Crippen LogP contribution in [0.25, 0.3) is 0 Å². The molecule has 0 spiro atoms. The standard InChI is InChI=1S/C9H9O.C6H5.Pb/c1-2-8-10-9-6-4-3-5-7-9;1-2-4-6-5-3-1;/h2,4-7H,1,8H2;1-5H;/q;;+2. The molecule has 2 rings (SSSR count). The van der Waals surface area contributed by atoms with Gasteiger partial charge in [0, 0.05) is 0 Å². The minimum atomic E-state index is -0.867. The second kappa shape index (κ2) is 6.59. The quantitative estimate of drug-likeness (QED) is 0.534. The predicted molar refractivity (Wildman–Crippen MR) is 73.6 cm³/mol. The molecule has 0 N–H and O–H groups in total. The molecule has 0 atom stereocenters. The first-order valence-corrected chi connectivity index (χ1v) is 9.43. The van der Waals surface area contributed by atoms with Gasteiger partial charge in [-0.25, -0.2) is 0 Å². The summed E-state index contributed by atoms with van der Waals surface area (Å²) in [6.45, 7) is 4.20. The van der Waals surface area contributed by atoms with Crippen molar-refractivity contribution < 1.29 is 4.74 Å². The fourth-order valence-electron chi connectivity index (χ4n) is 1.48. The Morgan fingerprint density at radius 2 is 1.59 bits per heavy atom. The van der Waals surface area contributed by atoms with E-state index in [2.05, 4.69) is 61.2 Å². The van der Waals surface area contributed by atoms with E-state index >= 15 is 0 Å². The third kappa shape index (κ3) is 4.00. The summed E-state index contributed by atoms with van der Waals surface area (Å²) in [6, 6.07) is 19.2. The first kappa shape index (κ1) is 12.4. The van der Waals surface area contributed by atoms with E-state index in [4.69, 9.17) is 4.74 Å². The van der Waals surface area contributed by atoms with Gasteiger partial charge in [-0.15, -0.1) is 0 Å². The van der Waals surface area contributed by atoms with Gasteiger partial charge in [0.25, 0.3) is 0 Å². The van der Waals surface area contributed by atoms with E-state index in [-0.39, 0.29) is 0 Å².